The summed E-state index contributed by atoms with van der Waals surface area (Å²) in [5, 5.41) is 7.14. The molecule has 1 aliphatic rings. The third-order valence-electron chi connectivity index (χ3n) is 7.41. The van der Waals surface area contributed by atoms with Crippen LogP contribution in [-0.2, 0) is 12.7 Å². The van der Waals surface area contributed by atoms with Crippen molar-refractivity contribution < 1.29 is 40.7 Å². The summed E-state index contributed by atoms with van der Waals surface area (Å²) < 4.78 is 82.9. The number of halogens is 6. The molecule has 2 aromatic carbocycles. The molecule has 0 atom stereocenters. The molecule has 1 N–H and O–H groups in total. The van der Waals surface area contributed by atoms with Gasteiger partial charge in [0.25, 0.3) is 11.8 Å². The number of ether oxygens (including phenoxy) is 1. The molecule has 1 fully saturated rings. The molecule has 0 unspecified atom stereocenters. The van der Waals surface area contributed by atoms with E-state index in [9.17, 15) is 35.9 Å². The standard InChI is InChI=1S/C30H27F6N5O3/c1-18-23(27(42)38-17-29(31,32)33)7-8-25-24(18)16-41(39-25)15-19-10-12-40(13-11-19)28(43)20-2-4-21(5-3-20)44-22-6-9-26(37-14-22)30(34,35)36/h2-9,14,16,19H,10-13,15,17H2,1H3,(H,38,42). The molecule has 8 nitrogen and oxygen atoms in total. The Bertz CT molecular complexity index is 1640. The summed E-state index contributed by atoms with van der Waals surface area (Å²) in [6, 6.07) is 11.4. The Morgan fingerprint density at radius 2 is 1.64 bits per heavy atom. The van der Waals surface area contributed by atoms with E-state index in [1.807, 2.05) is 5.32 Å². The SMILES string of the molecule is Cc1c(C(=O)NCC(F)(F)F)ccc2nn(CC3CCN(C(=O)c4ccc(Oc5ccc(C(F)(F)F)nc5)cc4)CC3)cc12. The molecule has 0 spiro atoms. The highest BCUT2D eigenvalue weighted by Crippen LogP contribution is 2.30. The fourth-order valence-electron chi connectivity index (χ4n) is 5.07. The highest BCUT2D eigenvalue weighted by Gasteiger charge is 2.32. The van der Waals surface area contributed by atoms with Crippen molar-refractivity contribution >= 4 is 22.7 Å². The number of carbonyl (C=O) groups excluding carboxylic acids is 2. The van der Waals surface area contributed by atoms with Crippen molar-refractivity contribution in [2.75, 3.05) is 19.6 Å². The molecule has 5 rings (SSSR count). The van der Waals surface area contributed by atoms with Gasteiger partial charge in [0, 0.05) is 42.3 Å². The summed E-state index contributed by atoms with van der Waals surface area (Å²) in [5.41, 5.74) is 0.758. The van der Waals surface area contributed by atoms with E-state index in [-0.39, 0.29) is 23.1 Å². The van der Waals surface area contributed by atoms with E-state index < -0.39 is 30.5 Å². The molecular formula is C30H27F6N5O3. The molecular weight excluding hydrogens is 592 g/mol. The van der Waals surface area contributed by atoms with E-state index in [4.69, 9.17) is 4.74 Å². The number of rotatable bonds is 7. The minimum atomic E-state index is -4.54. The number of likely N-dealkylation sites (tertiary alicyclic amines) is 1. The molecule has 1 aliphatic heterocycles. The second-order valence-electron chi connectivity index (χ2n) is 10.6. The molecule has 0 saturated carbocycles. The molecule has 0 aliphatic carbocycles. The monoisotopic (exact) mass is 619 g/mol. The van der Waals surface area contributed by atoms with Gasteiger partial charge in [-0.1, -0.05) is 0 Å². The Morgan fingerprint density at radius 1 is 0.955 bits per heavy atom. The first-order chi connectivity index (χ1) is 20.8. The Balaban J connectivity index is 1.14. The summed E-state index contributed by atoms with van der Waals surface area (Å²) >= 11 is 0. The second-order valence-corrected chi connectivity index (χ2v) is 10.6. The number of aryl methyl sites for hydroxylation is 1. The quantitative estimate of drug-likeness (QED) is 0.242. The predicted molar refractivity (Wildman–Crippen MR) is 147 cm³/mol. The van der Waals surface area contributed by atoms with Crippen LogP contribution in [0.2, 0.25) is 0 Å². The van der Waals surface area contributed by atoms with E-state index in [2.05, 4.69) is 10.1 Å². The summed E-state index contributed by atoms with van der Waals surface area (Å²) in [6.07, 6.45) is -4.82. The maximum absolute atomic E-state index is 13.1. The number of amides is 2. The van der Waals surface area contributed by atoms with Crippen LogP contribution in [0.15, 0.2) is 60.9 Å². The lowest BCUT2D eigenvalue weighted by Gasteiger charge is -2.32. The molecule has 4 aromatic rings. The number of fused-ring (bicyclic) bond motifs is 1. The van der Waals surface area contributed by atoms with E-state index in [0.29, 0.717) is 47.4 Å². The van der Waals surface area contributed by atoms with Crippen LogP contribution in [0.25, 0.3) is 10.9 Å². The van der Waals surface area contributed by atoms with Crippen molar-refractivity contribution in [2.45, 2.75) is 38.7 Å². The van der Waals surface area contributed by atoms with Gasteiger partial charge in [-0.05, 0) is 79.8 Å². The number of carbonyl (C=O) groups is 2. The number of aromatic nitrogens is 3. The number of pyridine rings is 1. The van der Waals surface area contributed by atoms with Gasteiger partial charge < -0.3 is 15.0 Å². The number of hydrogen-bond acceptors (Lipinski definition) is 5. The lowest BCUT2D eigenvalue weighted by Crippen LogP contribution is -2.39. The van der Waals surface area contributed by atoms with Gasteiger partial charge >= 0.3 is 12.4 Å². The number of nitrogens with zero attached hydrogens (tertiary/aromatic N) is 4. The van der Waals surface area contributed by atoms with Crippen molar-refractivity contribution in [1.29, 1.82) is 0 Å². The van der Waals surface area contributed by atoms with Crippen LogP contribution in [0, 0.1) is 12.8 Å². The van der Waals surface area contributed by atoms with Crippen LogP contribution < -0.4 is 10.1 Å². The van der Waals surface area contributed by atoms with E-state index in [1.54, 1.807) is 53.0 Å². The lowest BCUT2D eigenvalue weighted by molar-refractivity contribution is -0.141. The average molecular weight is 620 g/mol. The topological polar surface area (TPSA) is 89.4 Å². The predicted octanol–water partition coefficient (Wildman–Crippen LogP) is 6.40. The van der Waals surface area contributed by atoms with Crippen molar-refractivity contribution in [3.05, 3.63) is 83.3 Å². The van der Waals surface area contributed by atoms with Crippen LogP contribution in [0.5, 0.6) is 11.5 Å². The van der Waals surface area contributed by atoms with Crippen LogP contribution in [0.1, 0.15) is 44.8 Å². The van der Waals surface area contributed by atoms with Crippen molar-refractivity contribution in [3.63, 3.8) is 0 Å². The zero-order valence-electron chi connectivity index (χ0n) is 23.4. The number of piperidine rings is 1. The molecule has 0 radical (unpaired) electrons. The van der Waals surface area contributed by atoms with Crippen molar-refractivity contribution in [3.8, 4) is 11.5 Å². The minimum absolute atomic E-state index is 0.131. The third-order valence-corrected chi connectivity index (χ3v) is 7.41. The molecule has 232 valence electrons. The Kier molecular flexibility index (Phi) is 8.53. The smallest absolute Gasteiger partial charge is 0.433 e. The average Bonchev–Trinajstić information content (AvgIpc) is 3.39. The van der Waals surface area contributed by atoms with Gasteiger partial charge in [-0.25, -0.2) is 4.98 Å². The number of nitrogens with one attached hydrogen (secondary N) is 1. The van der Waals surface area contributed by atoms with E-state index in [0.717, 1.165) is 25.1 Å². The first-order valence-electron chi connectivity index (χ1n) is 13.7. The van der Waals surface area contributed by atoms with E-state index >= 15 is 0 Å². The van der Waals surface area contributed by atoms with Gasteiger partial charge in [0.2, 0.25) is 0 Å². The fraction of sp³-hybridized carbons (Fsp3) is 0.333. The summed E-state index contributed by atoms with van der Waals surface area (Å²) in [6.45, 7) is 1.90. The van der Waals surface area contributed by atoms with Crippen LogP contribution in [-0.4, -0.2) is 57.3 Å². The van der Waals surface area contributed by atoms with Gasteiger partial charge in [-0.15, -0.1) is 0 Å². The van der Waals surface area contributed by atoms with Gasteiger partial charge in [-0.2, -0.15) is 31.4 Å². The van der Waals surface area contributed by atoms with Crippen molar-refractivity contribution in [1.82, 2.24) is 25.0 Å². The summed E-state index contributed by atoms with van der Waals surface area (Å²) in [4.78, 5) is 30.5. The maximum Gasteiger partial charge on any atom is 0.433 e. The van der Waals surface area contributed by atoms with E-state index in [1.165, 1.54) is 12.1 Å². The zero-order valence-corrected chi connectivity index (χ0v) is 23.4. The van der Waals surface area contributed by atoms with Gasteiger partial charge in [0.1, 0.15) is 23.7 Å². The first-order valence-corrected chi connectivity index (χ1v) is 13.7. The molecule has 2 amide bonds. The first kappa shape index (κ1) is 30.8. The van der Waals surface area contributed by atoms with Crippen LogP contribution in [0.3, 0.4) is 0 Å². The molecule has 0 bridgehead atoms. The third kappa shape index (κ3) is 7.29. The lowest BCUT2D eigenvalue weighted by atomic mass is 9.96. The molecule has 44 heavy (non-hydrogen) atoms. The maximum atomic E-state index is 13.1. The largest absolute Gasteiger partial charge is 0.456 e. The van der Waals surface area contributed by atoms with Crippen LogP contribution in [0.4, 0.5) is 26.3 Å². The highest BCUT2D eigenvalue weighted by molar-refractivity contribution is 6.00. The summed E-state index contributed by atoms with van der Waals surface area (Å²) in [7, 11) is 0. The number of benzene rings is 2. The van der Waals surface area contributed by atoms with Crippen LogP contribution >= 0.6 is 0 Å². The number of alkyl halides is 6. The molecule has 14 heteroatoms. The fourth-order valence-corrected chi connectivity index (χ4v) is 5.07. The summed E-state index contributed by atoms with van der Waals surface area (Å²) in [5.74, 6) is -0.242. The van der Waals surface area contributed by atoms with Gasteiger partial charge in [0.05, 0.1) is 11.7 Å². The molecule has 1 saturated heterocycles. The molecule has 3 heterocycles. The van der Waals surface area contributed by atoms with Gasteiger partial charge in [0.15, 0.2) is 0 Å². The highest BCUT2D eigenvalue weighted by atomic mass is 19.4. The van der Waals surface area contributed by atoms with Crippen molar-refractivity contribution in [2.24, 2.45) is 5.92 Å². The zero-order chi connectivity index (χ0) is 31.6. The van der Waals surface area contributed by atoms with Gasteiger partial charge in [-0.3, -0.25) is 14.3 Å². The minimum Gasteiger partial charge on any atom is -0.456 e. The Morgan fingerprint density at radius 3 is 2.25 bits per heavy atom. The molecule has 2 aromatic heterocycles. The second kappa shape index (κ2) is 12.2. The Labute approximate surface area is 247 Å². The normalized spacial score (nSPS) is 14.6. The number of hydrogen-bond donors (Lipinski definition) is 1. The Hall–Kier alpha value is -4.62.